The molecule has 2 amide bonds. The predicted molar refractivity (Wildman–Crippen MR) is 151 cm³/mol. The number of amides is 2. The van der Waals surface area contributed by atoms with Crippen LogP contribution in [0.3, 0.4) is 0 Å². The first-order valence-electron chi connectivity index (χ1n) is 15.5. The maximum atomic E-state index is 13.2. The fourth-order valence-electron chi connectivity index (χ4n) is 7.74. The van der Waals surface area contributed by atoms with E-state index in [9.17, 15) is 9.59 Å². The number of likely N-dealkylation sites (tertiary alicyclic amines) is 2. The number of nitrogens with zero attached hydrogens (tertiary/aromatic N) is 3. The summed E-state index contributed by atoms with van der Waals surface area (Å²) in [6, 6.07) is 6.87. The molecule has 3 aliphatic heterocycles. The third kappa shape index (κ3) is 5.76. The Balaban J connectivity index is 1.17. The number of piperidine rings is 2. The van der Waals surface area contributed by atoms with Gasteiger partial charge in [-0.1, -0.05) is 56.7 Å². The molecule has 0 bridgehead atoms. The highest BCUT2D eigenvalue weighted by Gasteiger charge is 2.55. The molecule has 210 valence electrons. The van der Waals surface area contributed by atoms with Crippen molar-refractivity contribution in [2.45, 2.75) is 116 Å². The van der Waals surface area contributed by atoms with Crippen LogP contribution in [0.1, 0.15) is 105 Å². The molecule has 1 aromatic rings. The summed E-state index contributed by atoms with van der Waals surface area (Å²) in [6.07, 6.45) is 13.7. The second-order valence-electron chi connectivity index (χ2n) is 12.6. The van der Waals surface area contributed by atoms with Gasteiger partial charge in [0, 0.05) is 57.2 Å². The monoisotopic (exact) mass is 523 g/mol. The van der Waals surface area contributed by atoms with E-state index in [1.54, 1.807) is 0 Å². The molecule has 38 heavy (non-hydrogen) atoms. The molecule has 3 heterocycles. The Morgan fingerprint density at radius 2 is 1.71 bits per heavy atom. The minimum absolute atomic E-state index is 0.0525. The zero-order chi connectivity index (χ0) is 26.7. The molecule has 3 saturated heterocycles. The van der Waals surface area contributed by atoms with Gasteiger partial charge in [0.1, 0.15) is 5.60 Å². The summed E-state index contributed by atoms with van der Waals surface area (Å²) in [6.45, 7) is 10.9. The van der Waals surface area contributed by atoms with Crippen molar-refractivity contribution < 1.29 is 14.3 Å². The number of carbonyl (C=O) groups excluding carboxylic acids is 2. The maximum absolute atomic E-state index is 13.2. The minimum atomic E-state index is -0.308. The van der Waals surface area contributed by atoms with E-state index < -0.39 is 0 Å². The second-order valence-corrected chi connectivity index (χ2v) is 12.6. The molecule has 0 radical (unpaired) electrons. The Morgan fingerprint density at radius 3 is 2.37 bits per heavy atom. The Bertz CT molecular complexity index is 972. The molecule has 6 nitrogen and oxygen atoms in total. The van der Waals surface area contributed by atoms with Crippen molar-refractivity contribution in [2.75, 3.05) is 32.7 Å². The van der Waals surface area contributed by atoms with E-state index in [2.05, 4.69) is 29.7 Å². The van der Waals surface area contributed by atoms with Gasteiger partial charge in [0.2, 0.25) is 0 Å². The Morgan fingerprint density at radius 1 is 1.00 bits per heavy atom. The van der Waals surface area contributed by atoms with E-state index in [0.717, 1.165) is 88.8 Å². The van der Waals surface area contributed by atoms with Crippen molar-refractivity contribution in [1.82, 2.24) is 14.7 Å². The van der Waals surface area contributed by atoms with Crippen LogP contribution in [0.15, 0.2) is 18.2 Å². The van der Waals surface area contributed by atoms with E-state index in [1.165, 1.54) is 37.7 Å². The molecular weight excluding hydrogens is 474 g/mol. The van der Waals surface area contributed by atoms with Crippen LogP contribution in [0.5, 0.6) is 0 Å². The summed E-state index contributed by atoms with van der Waals surface area (Å²) < 4.78 is 6.31. The van der Waals surface area contributed by atoms with Gasteiger partial charge in [-0.25, -0.2) is 4.79 Å². The fourth-order valence-corrected chi connectivity index (χ4v) is 7.74. The van der Waals surface area contributed by atoms with Gasteiger partial charge < -0.3 is 14.5 Å². The van der Waals surface area contributed by atoms with Gasteiger partial charge in [-0.15, -0.1) is 0 Å². The largest absolute Gasteiger partial charge is 0.440 e. The summed E-state index contributed by atoms with van der Waals surface area (Å²) in [7, 11) is 0. The van der Waals surface area contributed by atoms with Gasteiger partial charge in [-0.3, -0.25) is 9.69 Å². The zero-order valence-electron chi connectivity index (χ0n) is 24.1. The standard InChI is InChI=1S/C32H49N3O3/c1-4-5-11-29-32(38-31(37)35(29)23-26-9-7-6-8-10-26)16-20-33(21-17-32)27-14-18-34(19-15-27)30(36)28-13-12-24(2)22-25(28)3/h12-13,22,26-27,29H,4-11,14-21,23H2,1-3H3. The minimum Gasteiger partial charge on any atom is -0.440 e. The second kappa shape index (κ2) is 12.0. The quantitative estimate of drug-likeness (QED) is 0.419. The Hall–Kier alpha value is -2.08. The Kier molecular flexibility index (Phi) is 8.66. The lowest BCUT2D eigenvalue weighted by molar-refractivity contribution is -0.0385. The highest BCUT2D eigenvalue weighted by molar-refractivity contribution is 5.95. The highest BCUT2D eigenvalue weighted by Crippen LogP contribution is 2.43. The SMILES string of the molecule is CCCCC1N(CC2CCCCC2)C(=O)OC12CCN(C1CCN(C(=O)c3ccc(C)cc3C)CC1)CC2. The number of hydrogen-bond donors (Lipinski definition) is 0. The molecule has 1 spiro atoms. The van der Waals surface area contributed by atoms with Gasteiger partial charge in [0.05, 0.1) is 6.04 Å². The Labute approximate surface area is 230 Å². The first-order valence-corrected chi connectivity index (χ1v) is 15.5. The van der Waals surface area contributed by atoms with Crippen molar-refractivity contribution >= 4 is 12.0 Å². The third-order valence-corrected chi connectivity index (χ3v) is 10.0. The lowest BCUT2D eigenvalue weighted by Gasteiger charge is -2.46. The van der Waals surface area contributed by atoms with E-state index in [-0.39, 0.29) is 23.6 Å². The fraction of sp³-hybridized carbons (Fsp3) is 0.750. The summed E-state index contributed by atoms with van der Waals surface area (Å²) in [5.74, 6) is 0.820. The van der Waals surface area contributed by atoms with Gasteiger partial charge in [0.25, 0.3) is 5.91 Å². The van der Waals surface area contributed by atoms with Crippen LogP contribution in [-0.4, -0.2) is 77.1 Å². The topological polar surface area (TPSA) is 53.1 Å². The molecule has 5 rings (SSSR count). The molecule has 4 fully saturated rings. The molecule has 1 aromatic carbocycles. The van der Waals surface area contributed by atoms with Crippen molar-refractivity contribution in [2.24, 2.45) is 5.92 Å². The number of carbonyl (C=O) groups is 2. The summed E-state index contributed by atoms with van der Waals surface area (Å²) in [5, 5.41) is 0. The van der Waals surface area contributed by atoms with E-state index >= 15 is 0 Å². The van der Waals surface area contributed by atoms with E-state index in [1.807, 2.05) is 24.0 Å². The first-order chi connectivity index (χ1) is 18.4. The van der Waals surface area contributed by atoms with Crippen LogP contribution >= 0.6 is 0 Å². The molecular formula is C32H49N3O3. The van der Waals surface area contributed by atoms with Gasteiger partial charge in [-0.05, 0) is 63.5 Å². The van der Waals surface area contributed by atoms with Crippen molar-refractivity contribution in [3.05, 3.63) is 34.9 Å². The average molecular weight is 524 g/mol. The van der Waals surface area contributed by atoms with Gasteiger partial charge in [0.15, 0.2) is 0 Å². The first kappa shape index (κ1) is 27.5. The number of ether oxygens (including phenoxy) is 1. The van der Waals surface area contributed by atoms with E-state index in [0.29, 0.717) is 12.0 Å². The lowest BCUT2D eigenvalue weighted by Crippen LogP contribution is -2.56. The predicted octanol–water partition coefficient (Wildman–Crippen LogP) is 6.33. The molecule has 0 aromatic heterocycles. The summed E-state index contributed by atoms with van der Waals surface area (Å²) >= 11 is 0. The summed E-state index contributed by atoms with van der Waals surface area (Å²) in [5.41, 5.74) is 2.80. The van der Waals surface area contributed by atoms with Crippen LogP contribution in [-0.2, 0) is 4.74 Å². The van der Waals surface area contributed by atoms with Crippen LogP contribution in [0.25, 0.3) is 0 Å². The number of unbranched alkanes of at least 4 members (excludes halogenated alkanes) is 1. The maximum Gasteiger partial charge on any atom is 0.410 e. The van der Waals surface area contributed by atoms with Crippen LogP contribution in [0.4, 0.5) is 4.79 Å². The van der Waals surface area contributed by atoms with E-state index in [4.69, 9.17) is 4.74 Å². The molecule has 1 unspecified atom stereocenters. The van der Waals surface area contributed by atoms with Crippen molar-refractivity contribution in [3.8, 4) is 0 Å². The van der Waals surface area contributed by atoms with Crippen LogP contribution in [0.2, 0.25) is 0 Å². The number of benzene rings is 1. The molecule has 1 saturated carbocycles. The molecule has 6 heteroatoms. The van der Waals surface area contributed by atoms with Crippen molar-refractivity contribution in [1.29, 1.82) is 0 Å². The lowest BCUT2D eigenvalue weighted by atomic mass is 9.80. The zero-order valence-corrected chi connectivity index (χ0v) is 24.1. The number of aryl methyl sites for hydroxylation is 2. The molecule has 1 atom stereocenters. The van der Waals surface area contributed by atoms with Crippen molar-refractivity contribution in [3.63, 3.8) is 0 Å². The molecule has 1 aliphatic carbocycles. The summed E-state index contributed by atoms with van der Waals surface area (Å²) in [4.78, 5) is 33.2. The van der Waals surface area contributed by atoms with Gasteiger partial charge in [-0.2, -0.15) is 0 Å². The van der Waals surface area contributed by atoms with Crippen LogP contribution in [0, 0.1) is 19.8 Å². The van der Waals surface area contributed by atoms with Gasteiger partial charge >= 0.3 is 6.09 Å². The molecule has 4 aliphatic rings. The normalized spacial score (nSPS) is 25.2. The third-order valence-electron chi connectivity index (χ3n) is 10.0. The average Bonchev–Trinajstić information content (AvgIpc) is 3.17. The van der Waals surface area contributed by atoms with Crippen LogP contribution < -0.4 is 0 Å². The number of hydrogen-bond acceptors (Lipinski definition) is 4. The number of rotatable bonds is 7. The molecule has 0 N–H and O–H groups in total. The highest BCUT2D eigenvalue weighted by atomic mass is 16.6. The smallest absolute Gasteiger partial charge is 0.410 e.